The SMILES string of the molecule is [3H]C(C)(C)C(C)S. The average molecular weight is 106 g/mol. The van der Waals surface area contributed by atoms with Crippen LogP contribution in [0.1, 0.15) is 22.1 Å². The van der Waals surface area contributed by atoms with E-state index in [1.54, 1.807) is 0 Å². The first-order valence-corrected chi connectivity index (χ1v) is 2.64. The van der Waals surface area contributed by atoms with Crippen LogP contribution in [0.25, 0.3) is 0 Å². The van der Waals surface area contributed by atoms with E-state index in [1.807, 2.05) is 20.8 Å². The molecule has 0 aromatic heterocycles. The second kappa shape index (κ2) is 2.51. The molecule has 1 unspecified atom stereocenters. The van der Waals surface area contributed by atoms with Crippen molar-refractivity contribution in [1.82, 2.24) is 0 Å². The Balaban J connectivity index is 3.54. The summed E-state index contributed by atoms with van der Waals surface area (Å²) in [6.45, 7) is 5.63. The van der Waals surface area contributed by atoms with Gasteiger partial charge in [-0.1, -0.05) is 20.8 Å². The molecule has 0 radical (unpaired) electrons. The number of thiol groups is 1. The molecular weight excluding hydrogens is 92.1 g/mol. The van der Waals surface area contributed by atoms with Crippen molar-refractivity contribution in [1.29, 1.82) is 0 Å². The molecule has 0 fully saturated rings. The quantitative estimate of drug-likeness (QED) is 0.485. The first-order valence-electron chi connectivity index (χ1n) is 2.62. The van der Waals surface area contributed by atoms with Crippen LogP contribution in [0, 0.1) is 5.89 Å². The van der Waals surface area contributed by atoms with E-state index < -0.39 is 0 Å². The van der Waals surface area contributed by atoms with E-state index in [-0.39, 0.29) is 11.1 Å². The minimum atomic E-state index is -0.386. The molecule has 6 heavy (non-hydrogen) atoms. The third-order valence-corrected chi connectivity index (χ3v) is 1.35. The van der Waals surface area contributed by atoms with Crippen LogP contribution in [0.4, 0.5) is 0 Å². The molecule has 0 heterocycles. The van der Waals surface area contributed by atoms with Crippen molar-refractivity contribution in [3.05, 3.63) is 0 Å². The molecule has 0 aliphatic carbocycles. The standard InChI is InChI=1S/C5H12S/c1-4(2)5(3)6/h4-6H,1-3H3/i4T. The number of hydrogen-bond acceptors (Lipinski definition) is 1. The van der Waals surface area contributed by atoms with Crippen molar-refractivity contribution in [2.24, 2.45) is 5.89 Å². The Morgan fingerprint density at radius 1 is 1.50 bits per heavy atom. The fraction of sp³-hybridized carbons (Fsp3) is 1.00. The molecule has 0 aromatic rings. The smallest absolute Gasteiger partial charge is 0.0308 e. The Labute approximate surface area is 46.8 Å². The molecule has 0 rings (SSSR count). The molecule has 0 saturated carbocycles. The molecule has 1 heteroatoms. The van der Waals surface area contributed by atoms with Crippen LogP contribution in [0.5, 0.6) is 0 Å². The van der Waals surface area contributed by atoms with E-state index in [0.29, 0.717) is 0 Å². The van der Waals surface area contributed by atoms with Crippen molar-refractivity contribution >= 4 is 12.6 Å². The van der Waals surface area contributed by atoms with Gasteiger partial charge in [0.2, 0.25) is 0 Å². The summed E-state index contributed by atoms with van der Waals surface area (Å²) in [6, 6.07) is 0. The van der Waals surface area contributed by atoms with Crippen molar-refractivity contribution in [3.8, 4) is 0 Å². The summed E-state index contributed by atoms with van der Waals surface area (Å²) in [5.74, 6) is -0.386. The van der Waals surface area contributed by atoms with E-state index in [2.05, 4.69) is 12.6 Å². The highest BCUT2D eigenvalue weighted by atomic mass is 32.1. The fourth-order valence-corrected chi connectivity index (χ4v) is 0. The van der Waals surface area contributed by atoms with Crippen LogP contribution in [0.15, 0.2) is 0 Å². The fourth-order valence-electron chi connectivity index (χ4n) is 0. The van der Waals surface area contributed by atoms with Gasteiger partial charge in [-0.3, -0.25) is 0 Å². The maximum Gasteiger partial charge on any atom is 0.0308 e. The summed E-state index contributed by atoms with van der Waals surface area (Å²) in [4.78, 5) is 0. The minimum Gasteiger partial charge on any atom is -0.176 e. The second-order valence-electron chi connectivity index (χ2n) is 1.75. The zero-order valence-electron chi connectivity index (χ0n) is 5.52. The first kappa shape index (κ1) is 4.51. The first-order chi connectivity index (χ1) is 2.94. The topological polar surface area (TPSA) is 0 Å². The van der Waals surface area contributed by atoms with Gasteiger partial charge in [-0.2, -0.15) is 12.6 Å². The van der Waals surface area contributed by atoms with Crippen molar-refractivity contribution < 1.29 is 1.37 Å². The van der Waals surface area contributed by atoms with E-state index in [4.69, 9.17) is 1.37 Å². The van der Waals surface area contributed by atoms with Gasteiger partial charge < -0.3 is 0 Å². The lowest BCUT2D eigenvalue weighted by Gasteiger charge is -2.04. The Kier molecular flexibility index (Phi) is 1.89. The Morgan fingerprint density at radius 3 is 1.67 bits per heavy atom. The maximum atomic E-state index is 7.31. The molecule has 0 N–H and O–H groups in total. The molecular formula is C5H12S. The predicted octanol–water partition coefficient (Wildman–Crippen LogP) is 1.96. The Bertz CT molecular complexity index is 53.6. The normalized spacial score (nSPS) is 19.7. The summed E-state index contributed by atoms with van der Waals surface area (Å²) >= 11 is 4.09. The zero-order chi connectivity index (χ0) is 6.08. The van der Waals surface area contributed by atoms with Crippen LogP contribution < -0.4 is 0 Å². The molecule has 0 aromatic carbocycles. The zero-order valence-corrected chi connectivity index (χ0v) is 5.42. The average Bonchev–Trinajstić information content (AvgIpc) is 1.31. The van der Waals surface area contributed by atoms with Gasteiger partial charge >= 0.3 is 0 Å². The van der Waals surface area contributed by atoms with Crippen molar-refractivity contribution in [3.63, 3.8) is 0 Å². The highest BCUT2D eigenvalue weighted by Gasteiger charge is 1.96. The third-order valence-electron chi connectivity index (χ3n) is 0.836. The molecule has 0 nitrogen and oxygen atoms in total. The maximum absolute atomic E-state index is 7.31. The van der Waals surface area contributed by atoms with Crippen molar-refractivity contribution in [2.45, 2.75) is 26.0 Å². The molecule has 0 amide bonds. The summed E-state index contributed by atoms with van der Waals surface area (Å²) in [7, 11) is 0. The minimum absolute atomic E-state index is 0.160. The molecule has 0 saturated heterocycles. The monoisotopic (exact) mass is 106 g/mol. The van der Waals surface area contributed by atoms with Gasteiger partial charge in [-0.15, -0.1) is 0 Å². The van der Waals surface area contributed by atoms with Gasteiger partial charge in [0.05, 0.1) is 0 Å². The van der Waals surface area contributed by atoms with Crippen LogP contribution in [-0.2, 0) is 0 Å². The van der Waals surface area contributed by atoms with Crippen LogP contribution in [0.2, 0.25) is 0 Å². The number of hydrogen-bond donors (Lipinski definition) is 1. The lowest BCUT2D eigenvalue weighted by molar-refractivity contribution is 0.646. The Morgan fingerprint density at radius 2 is 1.67 bits per heavy atom. The number of rotatable bonds is 1. The van der Waals surface area contributed by atoms with Gasteiger partial charge in [0.25, 0.3) is 0 Å². The van der Waals surface area contributed by atoms with E-state index in [0.717, 1.165) is 0 Å². The summed E-state index contributed by atoms with van der Waals surface area (Å²) in [5.41, 5.74) is 0. The third kappa shape index (κ3) is 2.58. The van der Waals surface area contributed by atoms with Gasteiger partial charge in [-0.05, 0) is 5.89 Å². The largest absolute Gasteiger partial charge is 0.176 e. The summed E-state index contributed by atoms with van der Waals surface area (Å²) < 4.78 is 7.31. The van der Waals surface area contributed by atoms with E-state index in [9.17, 15) is 0 Å². The molecule has 0 spiro atoms. The van der Waals surface area contributed by atoms with E-state index in [1.165, 1.54) is 0 Å². The predicted molar refractivity (Wildman–Crippen MR) is 33.3 cm³/mol. The van der Waals surface area contributed by atoms with Crippen LogP contribution in [-0.4, -0.2) is 5.25 Å². The second-order valence-corrected chi connectivity index (χ2v) is 2.53. The highest BCUT2D eigenvalue weighted by molar-refractivity contribution is 7.80. The summed E-state index contributed by atoms with van der Waals surface area (Å²) in [5, 5.41) is 0.160. The van der Waals surface area contributed by atoms with Gasteiger partial charge in [0.15, 0.2) is 0 Å². The lowest BCUT2D eigenvalue weighted by Crippen LogP contribution is -1.99. The van der Waals surface area contributed by atoms with Crippen molar-refractivity contribution in [2.75, 3.05) is 0 Å². The van der Waals surface area contributed by atoms with Gasteiger partial charge in [0.1, 0.15) is 0 Å². The van der Waals surface area contributed by atoms with Crippen LogP contribution >= 0.6 is 12.6 Å². The molecule has 1 atom stereocenters. The van der Waals surface area contributed by atoms with E-state index >= 15 is 0 Å². The molecule has 0 aliphatic heterocycles. The summed E-state index contributed by atoms with van der Waals surface area (Å²) in [6.07, 6.45) is 0. The highest BCUT2D eigenvalue weighted by Crippen LogP contribution is 2.05. The van der Waals surface area contributed by atoms with Gasteiger partial charge in [0, 0.05) is 6.62 Å². The Hall–Kier alpha value is 0.350. The molecule has 38 valence electrons. The van der Waals surface area contributed by atoms with Gasteiger partial charge in [-0.25, -0.2) is 0 Å². The molecule has 0 aliphatic rings. The molecule has 0 bridgehead atoms. The van der Waals surface area contributed by atoms with Crippen LogP contribution in [0.3, 0.4) is 0 Å². The lowest BCUT2D eigenvalue weighted by atomic mass is 10.2.